The molecule has 0 heterocycles. The van der Waals surface area contributed by atoms with E-state index in [1.165, 1.54) is 57.8 Å². The quantitative estimate of drug-likeness (QED) is 0.395. The Morgan fingerprint density at radius 2 is 1.22 bits per heavy atom. The molecule has 0 aliphatic carbocycles. The number of carbonyl (C=O) groups is 1. The topological polar surface area (TPSA) is 61.3 Å². The molecule has 18 heavy (non-hydrogen) atoms. The summed E-state index contributed by atoms with van der Waals surface area (Å²) in [4.78, 5) is 10.8. The molecule has 0 spiro atoms. The average Bonchev–Trinajstić information content (AvgIpc) is 2.35. The Morgan fingerprint density at radius 1 is 0.778 bits per heavy atom. The number of esters is 1. The third-order valence-corrected chi connectivity index (χ3v) is 3.05. The van der Waals surface area contributed by atoms with Gasteiger partial charge < -0.3 is 10.9 Å². The minimum absolute atomic E-state index is 0. The van der Waals surface area contributed by atoms with Crippen LogP contribution in [0.3, 0.4) is 0 Å². The third-order valence-electron chi connectivity index (χ3n) is 3.05. The molecule has 0 aromatic heterocycles. The van der Waals surface area contributed by atoms with Gasteiger partial charge >= 0.3 is 5.97 Å². The van der Waals surface area contributed by atoms with Crippen LogP contribution in [-0.2, 0) is 9.53 Å². The molecule has 0 aromatic carbocycles. The maximum Gasteiger partial charge on any atom is 0.305 e. The number of carbonyl (C=O) groups excluding carboxylic acids is 1. The van der Waals surface area contributed by atoms with Gasteiger partial charge in [0.25, 0.3) is 0 Å². The van der Waals surface area contributed by atoms with E-state index in [4.69, 9.17) is 4.74 Å². The molecule has 0 saturated heterocycles. The number of hydrogen-bond donors (Lipinski definition) is 1. The van der Waals surface area contributed by atoms with Crippen molar-refractivity contribution in [3.63, 3.8) is 0 Å². The predicted octanol–water partition coefficient (Wildman–Crippen LogP) is 5.02. The van der Waals surface area contributed by atoms with Crippen LogP contribution in [0.25, 0.3) is 0 Å². The standard InChI is InChI=1S/C15H30O2.H3N/c1-3-5-6-7-8-9-10-11-12-13-14-17-15(16)4-2;/h3-14H2,1-2H3;1H3. The van der Waals surface area contributed by atoms with Gasteiger partial charge in [-0.2, -0.15) is 0 Å². The molecule has 0 fully saturated rings. The zero-order chi connectivity index (χ0) is 12.8. The highest BCUT2D eigenvalue weighted by atomic mass is 16.5. The normalized spacial score (nSPS) is 9.89. The second-order valence-corrected chi connectivity index (χ2v) is 4.76. The fourth-order valence-electron chi connectivity index (χ4n) is 1.88. The highest BCUT2D eigenvalue weighted by molar-refractivity contribution is 5.68. The molecule has 0 unspecified atom stereocenters. The fraction of sp³-hybridized carbons (Fsp3) is 0.933. The van der Waals surface area contributed by atoms with Crippen LogP contribution in [0.2, 0.25) is 0 Å². The first-order chi connectivity index (χ1) is 8.31. The fourth-order valence-corrected chi connectivity index (χ4v) is 1.88. The van der Waals surface area contributed by atoms with E-state index in [-0.39, 0.29) is 12.1 Å². The van der Waals surface area contributed by atoms with Gasteiger partial charge in [-0.3, -0.25) is 4.79 Å². The van der Waals surface area contributed by atoms with E-state index in [0.29, 0.717) is 13.0 Å². The summed E-state index contributed by atoms with van der Waals surface area (Å²) in [6, 6.07) is 0. The van der Waals surface area contributed by atoms with E-state index < -0.39 is 0 Å². The maximum absolute atomic E-state index is 10.8. The van der Waals surface area contributed by atoms with Crippen LogP contribution >= 0.6 is 0 Å². The highest BCUT2D eigenvalue weighted by Gasteiger charge is 1.97. The molecule has 0 aliphatic heterocycles. The minimum Gasteiger partial charge on any atom is -0.466 e. The molecule has 0 rings (SSSR count). The second kappa shape index (κ2) is 16.4. The van der Waals surface area contributed by atoms with Crippen LogP contribution in [0.15, 0.2) is 0 Å². The summed E-state index contributed by atoms with van der Waals surface area (Å²) in [6.45, 7) is 4.70. The van der Waals surface area contributed by atoms with E-state index in [9.17, 15) is 4.79 Å². The van der Waals surface area contributed by atoms with E-state index in [1.807, 2.05) is 6.92 Å². The highest BCUT2D eigenvalue weighted by Crippen LogP contribution is 2.10. The Bertz CT molecular complexity index is 172. The van der Waals surface area contributed by atoms with Gasteiger partial charge in [0.15, 0.2) is 0 Å². The molecule has 3 nitrogen and oxygen atoms in total. The zero-order valence-electron chi connectivity index (χ0n) is 12.5. The molecule has 0 saturated carbocycles. The Kier molecular flexibility index (Phi) is 18.0. The van der Waals surface area contributed by atoms with Crippen molar-refractivity contribution in [3.05, 3.63) is 0 Å². The maximum atomic E-state index is 10.8. The lowest BCUT2D eigenvalue weighted by atomic mass is 10.1. The van der Waals surface area contributed by atoms with E-state index in [2.05, 4.69) is 6.92 Å². The molecule has 0 aromatic rings. The molecular weight excluding hydrogens is 226 g/mol. The van der Waals surface area contributed by atoms with Crippen LogP contribution < -0.4 is 6.15 Å². The van der Waals surface area contributed by atoms with Crippen LogP contribution in [0, 0.1) is 0 Å². The van der Waals surface area contributed by atoms with Crippen LogP contribution in [-0.4, -0.2) is 12.6 Å². The number of ether oxygens (including phenoxy) is 1. The largest absolute Gasteiger partial charge is 0.466 e. The van der Waals surface area contributed by atoms with Gasteiger partial charge in [-0.1, -0.05) is 71.6 Å². The smallest absolute Gasteiger partial charge is 0.305 e. The van der Waals surface area contributed by atoms with Crippen molar-refractivity contribution in [1.82, 2.24) is 6.15 Å². The Hall–Kier alpha value is -0.570. The summed E-state index contributed by atoms with van der Waals surface area (Å²) in [6.07, 6.45) is 13.7. The summed E-state index contributed by atoms with van der Waals surface area (Å²) >= 11 is 0. The van der Waals surface area contributed by atoms with Crippen molar-refractivity contribution in [1.29, 1.82) is 0 Å². The molecule has 0 amide bonds. The molecule has 3 heteroatoms. The van der Waals surface area contributed by atoms with Gasteiger partial charge in [-0.15, -0.1) is 0 Å². The van der Waals surface area contributed by atoms with Crippen LogP contribution in [0.4, 0.5) is 0 Å². The van der Waals surface area contributed by atoms with Gasteiger partial charge in [-0.25, -0.2) is 0 Å². The minimum atomic E-state index is -0.0686. The van der Waals surface area contributed by atoms with Crippen LogP contribution in [0.5, 0.6) is 0 Å². The molecule has 0 radical (unpaired) electrons. The first kappa shape index (κ1) is 19.8. The van der Waals surface area contributed by atoms with Gasteiger partial charge in [0.2, 0.25) is 0 Å². The SMILES string of the molecule is CCCCCCCCCCCCOC(=O)CC.N. The lowest BCUT2D eigenvalue weighted by Crippen LogP contribution is -2.03. The average molecular weight is 259 g/mol. The van der Waals surface area contributed by atoms with Crippen molar-refractivity contribution < 1.29 is 9.53 Å². The Morgan fingerprint density at radius 3 is 1.67 bits per heavy atom. The van der Waals surface area contributed by atoms with Gasteiger partial charge in [-0.05, 0) is 6.42 Å². The number of rotatable bonds is 12. The van der Waals surface area contributed by atoms with Crippen molar-refractivity contribution in [2.24, 2.45) is 0 Å². The van der Waals surface area contributed by atoms with Gasteiger partial charge in [0, 0.05) is 6.42 Å². The van der Waals surface area contributed by atoms with E-state index >= 15 is 0 Å². The molecule has 3 N–H and O–H groups in total. The monoisotopic (exact) mass is 259 g/mol. The third kappa shape index (κ3) is 15.4. The molecular formula is C15H33NO2. The first-order valence-electron chi connectivity index (χ1n) is 7.46. The van der Waals surface area contributed by atoms with Crippen molar-refractivity contribution in [2.45, 2.75) is 84.5 Å². The predicted molar refractivity (Wildman–Crippen MR) is 78.1 cm³/mol. The van der Waals surface area contributed by atoms with Crippen molar-refractivity contribution in [3.8, 4) is 0 Å². The van der Waals surface area contributed by atoms with Crippen LogP contribution in [0.1, 0.15) is 84.5 Å². The second-order valence-electron chi connectivity index (χ2n) is 4.76. The summed E-state index contributed by atoms with van der Waals surface area (Å²) in [7, 11) is 0. The number of unbranched alkanes of at least 4 members (excludes halogenated alkanes) is 9. The Labute approximate surface area is 113 Å². The van der Waals surface area contributed by atoms with Gasteiger partial charge in [0.1, 0.15) is 0 Å². The molecule has 110 valence electrons. The molecule has 0 bridgehead atoms. The number of hydrogen-bond acceptors (Lipinski definition) is 3. The zero-order valence-corrected chi connectivity index (χ0v) is 12.5. The summed E-state index contributed by atoms with van der Waals surface area (Å²) in [5.74, 6) is -0.0686. The van der Waals surface area contributed by atoms with Crippen molar-refractivity contribution in [2.75, 3.05) is 6.61 Å². The molecule has 0 aliphatic rings. The van der Waals surface area contributed by atoms with E-state index in [0.717, 1.165) is 6.42 Å². The van der Waals surface area contributed by atoms with E-state index in [1.54, 1.807) is 0 Å². The Balaban J connectivity index is 0. The lowest BCUT2D eigenvalue weighted by Gasteiger charge is -2.03. The first-order valence-corrected chi connectivity index (χ1v) is 7.46. The van der Waals surface area contributed by atoms with Gasteiger partial charge in [0.05, 0.1) is 6.61 Å². The molecule has 0 atom stereocenters. The van der Waals surface area contributed by atoms with Crippen molar-refractivity contribution >= 4 is 5.97 Å². The lowest BCUT2D eigenvalue weighted by molar-refractivity contribution is -0.143. The summed E-state index contributed by atoms with van der Waals surface area (Å²) in [5.41, 5.74) is 0. The summed E-state index contributed by atoms with van der Waals surface area (Å²) < 4.78 is 5.02. The summed E-state index contributed by atoms with van der Waals surface area (Å²) in [5, 5.41) is 0.